The number of anilines is 1. The topological polar surface area (TPSA) is 80.2 Å². The minimum absolute atomic E-state index is 0.112. The number of aromatic nitrogens is 1. The van der Waals surface area contributed by atoms with Gasteiger partial charge >= 0.3 is 0 Å². The van der Waals surface area contributed by atoms with Crippen LogP contribution >= 0.6 is 11.6 Å². The van der Waals surface area contributed by atoms with E-state index < -0.39 is 10.0 Å². The van der Waals surface area contributed by atoms with Gasteiger partial charge in [-0.25, -0.2) is 8.42 Å². The van der Waals surface area contributed by atoms with Gasteiger partial charge in [0.25, 0.3) is 15.9 Å². The van der Waals surface area contributed by atoms with E-state index in [2.05, 4.69) is 35.2 Å². The van der Waals surface area contributed by atoms with Crippen LogP contribution in [0.2, 0.25) is 5.02 Å². The van der Waals surface area contributed by atoms with Crippen LogP contribution in [-0.2, 0) is 23.1 Å². The number of benzene rings is 4. The lowest BCUT2D eigenvalue weighted by Crippen LogP contribution is -2.25. The normalized spacial score (nSPS) is 11.5. The Labute approximate surface area is 233 Å². The molecule has 4 aromatic carbocycles. The molecule has 0 spiro atoms. The number of hydrogen-bond acceptors (Lipinski definition) is 3. The van der Waals surface area contributed by atoms with Crippen molar-refractivity contribution < 1.29 is 13.2 Å². The van der Waals surface area contributed by atoms with E-state index in [0.29, 0.717) is 29.5 Å². The van der Waals surface area contributed by atoms with Crippen LogP contribution in [0.15, 0.2) is 102 Å². The van der Waals surface area contributed by atoms with Crippen LogP contribution in [0, 0.1) is 13.8 Å². The highest BCUT2D eigenvalue weighted by molar-refractivity contribution is 7.92. The second-order valence-corrected chi connectivity index (χ2v) is 11.7. The van der Waals surface area contributed by atoms with Crippen molar-refractivity contribution in [3.63, 3.8) is 0 Å². The van der Waals surface area contributed by atoms with Gasteiger partial charge < -0.3 is 9.88 Å². The number of nitrogens with zero attached hydrogens (tertiary/aromatic N) is 1. The highest BCUT2D eigenvalue weighted by Crippen LogP contribution is 2.27. The van der Waals surface area contributed by atoms with Crippen LogP contribution in [0.5, 0.6) is 0 Å². The zero-order valence-electron chi connectivity index (χ0n) is 21.6. The number of nitrogens with one attached hydrogen (secondary N) is 2. The van der Waals surface area contributed by atoms with E-state index in [-0.39, 0.29) is 10.8 Å². The highest BCUT2D eigenvalue weighted by Gasteiger charge is 2.19. The third-order valence-electron chi connectivity index (χ3n) is 6.64. The Bertz CT molecular complexity index is 1760. The standard InChI is InChI=1S/C31H28ClN3O3S/c1-21-8-9-22(2)25(16-21)20-35-29-15-12-27(34-39(37,38)28-13-10-26(32)11-14-28)17-24(29)18-30(35)31(36)33-19-23-6-4-3-5-7-23/h3-18,34H,19-20H2,1-2H3,(H,33,36). The molecule has 2 N–H and O–H groups in total. The predicted octanol–water partition coefficient (Wildman–Crippen LogP) is 6.69. The summed E-state index contributed by atoms with van der Waals surface area (Å²) < 4.78 is 30.5. The van der Waals surface area contributed by atoms with Crippen LogP contribution in [0.25, 0.3) is 10.9 Å². The van der Waals surface area contributed by atoms with Crippen LogP contribution in [0.1, 0.15) is 32.7 Å². The zero-order chi connectivity index (χ0) is 27.6. The summed E-state index contributed by atoms with van der Waals surface area (Å²) in [5.41, 5.74) is 6.11. The molecule has 0 aliphatic rings. The summed E-state index contributed by atoms with van der Waals surface area (Å²) in [6.45, 7) is 5.00. The predicted molar refractivity (Wildman–Crippen MR) is 157 cm³/mol. The van der Waals surface area contributed by atoms with Crippen molar-refractivity contribution in [2.45, 2.75) is 31.8 Å². The van der Waals surface area contributed by atoms with Gasteiger partial charge in [-0.15, -0.1) is 0 Å². The molecule has 0 saturated heterocycles. The summed E-state index contributed by atoms with van der Waals surface area (Å²) in [4.78, 5) is 13.5. The Morgan fingerprint density at radius 2 is 1.62 bits per heavy atom. The second-order valence-electron chi connectivity index (χ2n) is 9.55. The molecule has 1 amide bonds. The summed E-state index contributed by atoms with van der Waals surface area (Å²) in [5, 5.41) is 4.23. The fourth-order valence-electron chi connectivity index (χ4n) is 4.53. The molecular formula is C31H28ClN3O3S. The number of amides is 1. The fourth-order valence-corrected chi connectivity index (χ4v) is 5.71. The van der Waals surface area contributed by atoms with Crippen molar-refractivity contribution in [2.24, 2.45) is 0 Å². The zero-order valence-corrected chi connectivity index (χ0v) is 23.2. The third-order valence-corrected chi connectivity index (χ3v) is 8.29. The number of carbonyl (C=O) groups excluding carboxylic acids is 1. The molecule has 0 bridgehead atoms. The molecule has 5 rings (SSSR count). The molecular weight excluding hydrogens is 530 g/mol. The van der Waals surface area contributed by atoms with Gasteiger partial charge in [0, 0.05) is 34.7 Å². The molecule has 1 heterocycles. The van der Waals surface area contributed by atoms with Gasteiger partial charge in [-0.1, -0.05) is 65.7 Å². The Hall–Kier alpha value is -4.07. The highest BCUT2D eigenvalue weighted by atomic mass is 35.5. The quantitative estimate of drug-likeness (QED) is 0.223. The number of carbonyl (C=O) groups is 1. The monoisotopic (exact) mass is 557 g/mol. The van der Waals surface area contributed by atoms with Crippen LogP contribution in [0.3, 0.4) is 0 Å². The van der Waals surface area contributed by atoms with Crippen molar-refractivity contribution in [3.8, 4) is 0 Å². The number of sulfonamides is 1. The van der Waals surface area contributed by atoms with E-state index in [1.807, 2.05) is 47.9 Å². The van der Waals surface area contributed by atoms with Crippen LogP contribution in [0.4, 0.5) is 5.69 Å². The van der Waals surface area contributed by atoms with Gasteiger partial charge in [0.2, 0.25) is 0 Å². The molecule has 5 aromatic rings. The minimum atomic E-state index is -3.81. The Balaban J connectivity index is 1.51. The largest absolute Gasteiger partial charge is 0.347 e. The van der Waals surface area contributed by atoms with Gasteiger partial charge in [0.1, 0.15) is 5.69 Å². The first-order chi connectivity index (χ1) is 18.7. The lowest BCUT2D eigenvalue weighted by Gasteiger charge is -2.14. The molecule has 0 aliphatic heterocycles. The number of hydrogen-bond donors (Lipinski definition) is 2. The van der Waals surface area contributed by atoms with E-state index in [0.717, 1.165) is 33.2 Å². The van der Waals surface area contributed by atoms with E-state index in [9.17, 15) is 13.2 Å². The Morgan fingerprint density at radius 1 is 0.872 bits per heavy atom. The number of fused-ring (bicyclic) bond motifs is 1. The molecule has 0 atom stereocenters. The van der Waals surface area contributed by atoms with E-state index in [4.69, 9.17) is 11.6 Å². The van der Waals surface area contributed by atoms with Crippen molar-refractivity contribution >= 4 is 44.1 Å². The van der Waals surface area contributed by atoms with Crippen molar-refractivity contribution in [1.29, 1.82) is 0 Å². The second kappa shape index (κ2) is 11.0. The summed E-state index contributed by atoms with van der Waals surface area (Å²) >= 11 is 5.91. The Kier molecular flexibility index (Phi) is 7.46. The lowest BCUT2D eigenvalue weighted by molar-refractivity contribution is 0.0942. The van der Waals surface area contributed by atoms with Crippen LogP contribution < -0.4 is 10.0 Å². The molecule has 0 aliphatic carbocycles. The number of aryl methyl sites for hydroxylation is 2. The maximum atomic E-state index is 13.4. The average Bonchev–Trinajstić information content (AvgIpc) is 3.27. The summed E-state index contributed by atoms with van der Waals surface area (Å²) in [5.74, 6) is -0.205. The molecule has 8 heteroatoms. The number of rotatable bonds is 8. The van der Waals surface area contributed by atoms with Crippen molar-refractivity contribution in [3.05, 3.63) is 130 Å². The summed E-state index contributed by atoms with van der Waals surface area (Å²) in [6.07, 6.45) is 0. The molecule has 0 unspecified atom stereocenters. The Morgan fingerprint density at radius 3 is 2.36 bits per heavy atom. The first kappa shape index (κ1) is 26.5. The van der Waals surface area contributed by atoms with Crippen LogP contribution in [-0.4, -0.2) is 18.9 Å². The van der Waals surface area contributed by atoms with E-state index in [1.54, 1.807) is 18.2 Å². The van der Waals surface area contributed by atoms with Crippen molar-refractivity contribution in [1.82, 2.24) is 9.88 Å². The van der Waals surface area contributed by atoms with Gasteiger partial charge in [-0.2, -0.15) is 0 Å². The summed E-state index contributed by atoms with van der Waals surface area (Å²) in [6, 6.07) is 29.1. The fraction of sp³-hybridized carbons (Fsp3) is 0.129. The minimum Gasteiger partial charge on any atom is -0.347 e. The first-order valence-corrected chi connectivity index (χ1v) is 14.4. The van der Waals surface area contributed by atoms with E-state index in [1.165, 1.54) is 24.3 Å². The third kappa shape index (κ3) is 6.00. The number of halogens is 1. The SMILES string of the molecule is Cc1ccc(C)c(Cn2c(C(=O)NCc3ccccc3)cc3cc(NS(=O)(=O)c4ccc(Cl)cc4)ccc32)c1. The smallest absolute Gasteiger partial charge is 0.268 e. The molecule has 0 saturated carbocycles. The van der Waals surface area contributed by atoms with Gasteiger partial charge in [0.15, 0.2) is 0 Å². The van der Waals surface area contributed by atoms with E-state index >= 15 is 0 Å². The maximum absolute atomic E-state index is 13.4. The maximum Gasteiger partial charge on any atom is 0.268 e. The summed E-state index contributed by atoms with van der Waals surface area (Å²) in [7, 11) is -3.81. The molecule has 0 fully saturated rings. The molecule has 1 aromatic heterocycles. The van der Waals surface area contributed by atoms with Crippen molar-refractivity contribution in [2.75, 3.05) is 4.72 Å². The van der Waals surface area contributed by atoms with Gasteiger partial charge in [-0.05, 0) is 79.1 Å². The molecule has 6 nitrogen and oxygen atoms in total. The molecule has 0 radical (unpaired) electrons. The van der Waals surface area contributed by atoms with Gasteiger partial charge in [-0.3, -0.25) is 9.52 Å². The first-order valence-electron chi connectivity index (χ1n) is 12.5. The average molecular weight is 558 g/mol. The molecule has 39 heavy (non-hydrogen) atoms. The van der Waals surface area contributed by atoms with Gasteiger partial charge in [0.05, 0.1) is 4.90 Å². The molecule has 198 valence electrons. The lowest BCUT2D eigenvalue weighted by atomic mass is 10.1.